The zero-order chi connectivity index (χ0) is 18.3. The van der Waals surface area contributed by atoms with Crippen molar-refractivity contribution in [2.24, 2.45) is 0 Å². The molecule has 5 N–H and O–H groups in total. The molecule has 0 saturated carbocycles. The Kier molecular flexibility index (Phi) is 4.17. The van der Waals surface area contributed by atoms with Crippen LogP contribution in [0.15, 0.2) is 36.7 Å². The standard InChI is InChI=1S/C16H17N5O5/c17-13-10-14(20-16(19-13)25-8-4-2-1-3-5-8)21(7-18-10)15-12(24)11(23)9(6-22)26-15/h1-5,7,9,11-12,15,22-24H,6H2,(H2,17,19,20)/t9-,11-,12-,15-/m1/s1. The van der Waals surface area contributed by atoms with E-state index in [1.54, 1.807) is 24.3 Å². The number of aliphatic hydroxyl groups is 3. The Morgan fingerprint density at radius 2 is 1.92 bits per heavy atom. The largest absolute Gasteiger partial charge is 0.424 e. The summed E-state index contributed by atoms with van der Waals surface area (Å²) in [5.74, 6) is 0.636. The summed E-state index contributed by atoms with van der Waals surface area (Å²) in [5, 5.41) is 29.4. The second kappa shape index (κ2) is 6.50. The number of para-hydroxylation sites is 1. The number of hydrogen-bond acceptors (Lipinski definition) is 9. The zero-order valence-electron chi connectivity index (χ0n) is 13.5. The Morgan fingerprint density at radius 1 is 1.15 bits per heavy atom. The molecular formula is C16H17N5O5. The summed E-state index contributed by atoms with van der Waals surface area (Å²) in [6.07, 6.45) is -3.01. The number of nitrogens with zero attached hydrogens (tertiary/aromatic N) is 4. The van der Waals surface area contributed by atoms with Gasteiger partial charge in [0.25, 0.3) is 0 Å². The number of rotatable bonds is 4. The number of imidazole rings is 1. The lowest BCUT2D eigenvalue weighted by Crippen LogP contribution is -2.33. The monoisotopic (exact) mass is 359 g/mol. The highest BCUT2D eigenvalue weighted by atomic mass is 16.6. The molecular weight excluding hydrogens is 342 g/mol. The van der Waals surface area contributed by atoms with Gasteiger partial charge in [0.1, 0.15) is 24.1 Å². The third-order valence-corrected chi connectivity index (χ3v) is 4.17. The summed E-state index contributed by atoms with van der Waals surface area (Å²) in [4.78, 5) is 12.5. The summed E-state index contributed by atoms with van der Waals surface area (Å²) in [6.45, 7) is -0.430. The highest BCUT2D eigenvalue weighted by molar-refractivity contribution is 5.82. The lowest BCUT2D eigenvalue weighted by atomic mass is 10.1. The molecule has 1 aliphatic rings. The number of benzene rings is 1. The number of aromatic nitrogens is 4. The smallest absolute Gasteiger partial charge is 0.326 e. The van der Waals surface area contributed by atoms with Crippen LogP contribution in [0.5, 0.6) is 11.8 Å². The topological polar surface area (TPSA) is 149 Å². The lowest BCUT2D eigenvalue weighted by Gasteiger charge is -2.16. The molecule has 0 unspecified atom stereocenters. The quantitative estimate of drug-likeness (QED) is 0.497. The van der Waals surface area contributed by atoms with Gasteiger partial charge in [-0.1, -0.05) is 18.2 Å². The van der Waals surface area contributed by atoms with Crippen molar-refractivity contribution >= 4 is 17.0 Å². The molecule has 0 radical (unpaired) electrons. The molecule has 1 fully saturated rings. The van der Waals surface area contributed by atoms with Crippen molar-refractivity contribution in [2.45, 2.75) is 24.5 Å². The van der Waals surface area contributed by atoms with Gasteiger partial charge in [-0.05, 0) is 12.1 Å². The SMILES string of the molecule is Nc1nc(Oc2ccccc2)nc2c1ncn2[C@@H]1O[C@H](CO)[C@@H](O)[C@H]1O. The van der Waals surface area contributed by atoms with Crippen LogP contribution in [-0.4, -0.2) is 59.8 Å². The van der Waals surface area contributed by atoms with E-state index >= 15 is 0 Å². The van der Waals surface area contributed by atoms with Gasteiger partial charge < -0.3 is 30.5 Å². The number of anilines is 1. The van der Waals surface area contributed by atoms with E-state index in [0.29, 0.717) is 11.3 Å². The summed E-state index contributed by atoms with van der Waals surface area (Å²) in [6, 6.07) is 8.96. The molecule has 0 aliphatic carbocycles. The number of hydrogen-bond donors (Lipinski definition) is 4. The number of aliphatic hydroxyl groups excluding tert-OH is 3. The van der Waals surface area contributed by atoms with Gasteiger partial charge in [0.15, 0.2) is 23.2 Å². The number of nitrogens with two attached hydrogens (primary N) is 1. The van der Waals surface area contributed by atoms with E-state index in [1.165, 1.54) is 10.9 Å². The highest BCUT2D eigenvalue weighted by Crippen LogP contribution is 2.32. The van der Waals surface area contributed by atoms with Crippen LogP contribution >= 0.6 is 0 Å². The summed E-state index contributed by atoms with van der Waals surface area (Å²) in [7, 11) is 0. The van der Waals surface area contributed by atoms with E-state index in [-0.39, 0.29) is 17.5 Å². The normalized spacial score (nSPS) is 25.7. The molecule has 26 heavy (non-hydrogen) atoms. The number of fused-ring (bicyclic) bond motifs is 1. The second-order valence-corrected chi connectivity index (χ2v) is 5.86. The lowest BCUT2D eigenvalue weighted by molar-refractivity contribution is -0.0511. The third-order valence-electron chi connectivity index (χ3n) is 4.17. The highest BCUT2D eigenvalue weighted by Gasteiger charge is 2.44. The van der Waals surface area contributed by atoms with E-state index in [4.69, 9.17) is 15.2 Å². The van der Waals surface area contributed by atoms with Gasteiger partial charge in [-0.3, -0.25) is 4.57 Å². The van der Waals surface area contributed by atoms with Crippen molar-refractivity contribution in [3.05, 3.63) is 36.7 Å². The van der Waals surface area contributed by atoms with Crippen LogP contribution < -0.4 is 10.5 Å². The van der Waals surface area contributed by atoms with E-state index in [1.807, 2.05) is 6.07 Å². The van der Waals surface area contributed by atoms with Gasteiger partial charge in [0.05, 0.1) is 12.9 Å². The van der Waals surface area contributed by atoms with Crippen LogP contribution in [0, 0.1) is 0 Å². The van der Waals surface area contributed by atoms with Crippen LogP contribution in [0.25, 0.3) is 11.2 Å². The summed E-state index contributed by atoms with van der Waals surface area (Å²) in [5.41, 5.74) is 6.52. The fraction of sp³-hybridized carbons (Fsp3) is 0.312. The Balaban J connectivity index is 1.73. The minimum absolute atomic E-state index is 0.00898. The number of nitrogen functional groups attached to an aromatic ring is 1. The average Bonchev–Trinajstić information content (AvgIpc) is 3.18. The summed E-state index contributed by atoms with van der Waals surface area (Å²) < 4.78 is 12.6. The molecule has 1 saturated heterocycles. The Labute approximate surface area is 147 Å². The predicted molar refractivity (Wildman–Crippen MR) is 89.3 cm³/mol. The molecule has 10 nitrogen and oxygen atoms in total. The Morgan fingerprint density at radius 3 is 2.62 bits per heavy atom. The molecule has 4 rings (SSSR count). The molecule has 0 spiro atoms. The molecule has 136 valence electrons. The molecule has 0 bridgehead atoms. The van der Waals surface area contributed by atoms with E-state index in [0.717, 1.165) is 0 Å². The van der Waals surface area contributed by atoms with Crippen molar-refractivity contribution in [2.75, 3.05) is 12.3 Å². The maximum Gasteiger partial charge on any atom is 0.326 e. The minimum atomic E-state index is -1.26. The third kappa shape index (κ3) is 2.74. The van der Waals surface area contributed by atoms with Gasteiger partial charge in [0, 0.05) is 0 Å². The first kappa shape index (κ1) is 16.7. The number of ether oxygens (including phenoxy) is 2. The second-order valence-electron chi connectivity index (χ2n) is 5.86. The molecule has 4 atom stereocenters. The molecule has 3 heterocycles. The first-order valence-corrected chi connectivity index (χ1v) is 7.94. The molecule has 3 aromatic rings. The van der Waals surface area contributed by atoms with Crippen molar-refractivity contribution in [1.82, 2.24) is 19.5 Å². The van der Waals surface area contributed by atoms with Crippen molar-refractivity contribution in [1.29, 1.82) is 0 Å². The van der Waals surface area contributed by atoms with Crippen LogP contribution in [0.4, 0.5) is 5.82 Å². The first-order chi connectivity index (χ1) is 12.6. The van der Waals surface area contributed by atoms with Gasteiger partial charge in [-0.25, -0.2) is 4.98 Å². The molecule has 1 aliphatic heterocycles. The van der Waals surface area contributed by atoms with Gasteiger partial charge >= 0.3 is 6.01 Å². The predicted octanol–water partition coefficient (Wildman–Crippen LogP) is -0.188. The van der Waals surface area contributed by atoms with Crippen molar-refractivity contribution in [3.63, 3.8) is 0 Å². The van der Waals surface area contributed by atoms with Gasteiger partial charge in [-0.15, -0.1) is 0 Å². The van der Waals surface area contributed by atoms with E-state index in [9.17, 15) is 15.3 Å². The maximum atomic E-state index is 10.2. The minimum Gasteiger partial charge on any atom is -0.424 e. The van der Waals surface area contributed by atoms with Crippen LogP contribution in [0.1, 0.15) is 6.23 Å². The molecule has 10 heteroatoms. The fourth-order valence-corrected chi connectivity index (χ4v) is 2.85. The van der Waals surface area contributed by atoms with Crippen LogP contribution in [0.3, 0.4) is 0 Å². The van der Waals surface area contributed by atoms with Gasteiger partial charge in [0.2, 0.25) is 0 Å². The van der Waals surface area contributed by atoms with Crippen molar-refractivity contribution < 1.29 is 24.8 Å². The Hall–Kier alpha value is -2.79. The average molecular weight is 359 g/mol. The summed E-state index contributed by atoms with van der Waals surface area (Å²) >= 11 is 0. The van der Waals surface area contributed by atoms with E-state index in [2.05, 4.69) is 15.0 Å². The van der Waals surface area contributed by atoms with Gasteiger partial charge in [-0.2, -0.15) is 9.97 Å². The van der Waals surface area contributed by atoms with E-state index < -0.39 is 31.1 Å². The zero-order valence-corrected chi connectivity index (χ0v) is 13.5. The van der Waals surface area contributed by atoms with Crippen molar-refractivity contribution in [3.8, 4) is 11.8 Å². The maximum absolute atomic E-state index is 10.2. The molecule has 1 aromatic carbocycles. The van der Waals surface area contributed by atoms with Crippen LogP contribution in [-0.2, 0) is 4.74 Å². The molecule has 0 amide bonds. The first-order valence-electron chi connectivity index (χ1n) is 7.94. The molecule has 2 aromatic heterocycles. The fourth-order valence-electron chi connectivity index (χ4n) is 2.85. The Bertz CT molecular complexity index is 918. The van der Waals surface area contributed by atoms with Crippen LogP contribution in [0.2, 0.25) is 0 Å².